The van der Waals surface area contributed by atoms with Crippen molar-refractivity contribution in [3.8, 4) is 0 Å². The molecule has 0 radical (unpaired) electrons. The van der Waals surface area contributed by atoms with Gasteiger partial charge in [-0.2, -0.15) is 0 Å². The van der Waals surface area contributed by atoms with Gasteiger partial charge in [-0.25, -0.2) is 0 Å². The Morgan fingerprint density at radius 1 is 1.16 bits per heavy atom. The van der Waals surface area contributed by atoms with Gasteiger partial charge in [0.05, 0.1) is 0 Å². The molecular formula is C16H19NO2. The molecule has 0 aliphatic heterocycles. The van der Waals surface area contributed by atoms with Gasteiger partial charge in [-0.05, 0) is 29.5 Å². The van der Waals surface area contributed by atoms with Gasteiger partial charge in [-0.1, -0.05) is 48.9 Å². The van der Waals surface area contributed by atoms with E-state index in [1.807, 2.05) is 0 Å². The zero-order valence-corrected chi connectivity index (χ0v) is 11.0. The minimum Gasteiger partial charge on any atom is -0.550 e. The fraction of sp³-hybridized carbons (Fsp3) is 0.312. The van der Waals surface area contributed by atoms with Crippen molar-refractivity contribution in [3.05, 3.63) is 48.0 Å². The Morgan fingerprint density at radius 3 is 2.37 bits per heavy atom. The summed E-state index contributed by atoms with van der Waals surface area (Å²) in [6, 6.07) is 14.8. The predicted octanol–water partition coefficient (Wildman–Crippen LogP) is 1.12. The molecule has 0 atom stereocenters. The van der Waals surface area contributed by atoms with Crippen molar-refractivity contribution in [1.29, 1.82) is 0 Å². The maximum absolute atomic E-state index is 9.87. The van der Waals surface area contributed by atoms with Crippen LogP contribution in [0.2, 0.25) is 0 Å². The van der Waals surface area contributed by atoms with E-state index in [9.17, 15) is 9.90 Å². The van der Waals surface area contributed by atoms with Crippen LogP contribution in [0, 0.1) is 5.92 Å². The lowest BCUT2D eigenvalue weighted by atomic mass is 9.86. The number of fused-ring (bicyclic) bond motifs is 1. The van der Waals surface area contributed by atoms with Gasteiger partial charge in [0, 0.05) is 11.5 Å². The number of aliphatic carboxylic acids is 1. The summed E-state index contributed by atoms with van der Waals surface area (Å²) < 4.78 is 0. The molecule has 0 heterocycles. The number of carboxylic acid groups (broad SMARTS) is 1. The summed E-state index contributed by atoms with van der Waals surface area (Å²) in [5.41, 5.74) is 5.23. The maximum atomic E-state index is 9.87. The van der Waals surface area contributed by atoms with Crippen molar-refractivity contribution in [2.75, 3.05) is 0 Å². The van der Waals surface area contributed by atoms with Crippen LogP contribution in [0.15, 0.2) is 42.5 Å². The third-order valence-corrected chi connectivity index (χ3v) is 3.59. The van der Waals surface area contributed by atoms with Crippen molar-refractivity contribution in [1.82, 2.24) is 0 Å². The van der Waals surface area contributed by atoms with E-state index in [2.05, 4.69) is 48.2 Å². The average molecular weight is 257 g/mol. The van der Waals surface area contributed by atoms with Gasteiger partial charge in [0.1, 0.15) is 6.54 Å². The second kappa shape index (κ2) is 6.34. The highest BCUT2D eigenvalue weighted by molar-refractivity contribution is 5.85. The molecule has 0 unspecified atom stereocenters. The molecule has 0 spiro atoms. The van der Waals surface area contributed by atoms with E-state index in [1.54, 1.807) is 0 Å². The Morgan fingerprint density at radius 2 is 1.84 bits per heavy atom. The van der Waals surface area contributed by atoms with E-state index in [1.165, 1.54) is 16.3 Å². The SMILES string of the molecule is O=C([O-])C1CCC1.[NH3+]Cc1cccc2ccccc12. The summed E-state index contributed by atoms with van der Waals surface area (Å²) in [5.74, 6) is -0.980. The molecule has 3 N–H and O–H groups in total. The molecule has 2 aromatic rings. The molecule has 1 aliphatic rings. The highest BCUT2D eigenvalue weighted by Gasteiger charge is 2.17. The van der Waals surface area contributed by atoms with E-state index in [-0.39, 0.29) is 5.92 Å². The summed E-state index contributed by atoms with van der Waals surface area (Å²) in [6.07, 6.45) is 2.74. The van der Waals surface area contributed by atoms with E-state index in [0.717, 1.165) is 25.8 Å². The summed E-state index contributed by atoms with van der Waals surface area (Å²) in [7, 11) is 0. The fourth-order valence-electron chi connectivity index (χ4n) is 2.15. The molecule has 0 aromatic heterocycles. The standard InChI is InChI=1S/C11H11N.C5H8O2/c12-8-10-6-3-5-9-4-1-2-7-11(9)10;6-5(7)4-2-1-3-4/h1-7H,8,12H2;4H,1-3H2,(H,6,7). The summed E-state index contributed by atoms with van der Waals surface area (Å²) in [4.78, 5) is 9.87. The number of rotatable bonds is 2. The first-order chi connectivity index (χ1) is 9.22. The van der Waals surface area contributed by atoms with Crippen molar-refractivity contribution < 1.29 is 15.6 Å². The molecule has 1 fully saturated rings. The largest absolute Gasteiger partial charge is 0.550 e. The van der Waals surface area contributed by atoms with Gasteiger partial charge in [0.15, 0.2) is 0 Å². The number of carbonyl (C=O) groups is 1. The number of hydrogen-bond donors (Lipinski definition) is 1. The van der Waals surface area contributed by atoms with E-state index < -0.39 is 5.97 Å². The zero-order valence-electron chi connectivity index (χ0n) is 11.0. The molecular weight excluding hydrogens is 238 g/mol. The van der Waals surface area contributed by atoms with Crippen LogP contribution >= 0.6 is 0 Å². The first kappa shape index (κ1) is 13.6. The van der Waals surface area contributed by atoms with E-state index >= 15 is 0 Å². The van der Waals surface area contributed by atoms with Crippen molar-refractivity contribution in [2.24, 2.45) is 5.92 Å². The van der Waals surface area contributed by atoms with Crippen LogP contribution in [-0.4, -0.2) is 5.97 Å². The van der Waals surface area contributed by atoms with Crippen LogP contribution < -0.4 is 10.8 Å². The first-order valence-corrected chi connectivity index (χ1v) is 6.69. The summed E-state index contributed by atoms with van der Waals surface area (Å²) in [5, 5.41) is 12.5. The van der Waals surface area contributed by atoms with Crippen LogP contribution in [0.4, 0.5) is 0 Å². The van der Waals surface area contributed by atoms with Gasteiger partial charge in [0.25, 0.3) is 0 Å². The van der Waals surface area contributed by atoms with Crippen molar-refractivity contribution >= 4 is 16.7 Å². The molecule has 3 nitrogen and oxygen atoms in total. The molecule has 0 bridgehead atoms. The third kappa shape index (κ3) is 3.32. The Bertz CT molecular complexity index is 556. The van der Waals surface area contributed by atoms with Gasteiger partial charge >= 0.3 is 0 Å². The van der Waals surface area contributed by atoms with Crippen molar-refractivity contribution in [2.45, 2.75) is 25.8 Å². The summed E-state index contributed by atoms with van der Waals surface area (Å²) >= 11 is 0. The minimum absolute atomic E-state index is 0.111. The molecule has 100 valence electrons. The van der Waals surface area contributed by atoms with Crippen LogP contribution in [0.1, 0.15) is 24.8 Å². The molecule has 1 aliphatic carbocycles. The Hall–Kier alpha value is -1.87. The first-order valence-electron chi connectivity index (χ1n) is 6.69. The molecule has 0 amide bonds. The fourth-order valence-corrected chi connectivity index (χ4v) is 2.15. The summed E-state index contributed by atoms with van der Waals surface area (Å²) in [6.45, 7) is 0.862. The number of carboxylic acids is 1. The topological polar surface area (TPSA) is 67.8 Å². The van der Waals surface area contributed by atoms with Gasteiger partial charge < -0.3 is 15.6 Å². The lowest BCUT2D eigenvalue weighted by Crippen LogP contribution is -2.47. The molecule has 3 rings (SSSR count). The molecule has 2 aromatic carbocycles. The molecule has 0 saturated heterocycles. The lowest BCUT2D eigenvalue weighted by Gasteiger charge is -2.25. The number of carbonyl (C=O) groups excluding carboxylic acids is 1. The highest BCUT2D eigenvalue weighted by atomic mass is 16.4. The zero-order chi connectivity index (χ0) is 13.7. The molecule has 19 heavy (non-hydrogen) atoms. The van der Waals surface area contributed by atoms with Crippen LogP contribution in [0.25, 0.3) is 10.8 Å². The minimum atomic E-state index is -0.869. The van der Waals surface area contributed by atoms with Gasteiger partial charge in [-0.15, -0.1) is 0 Å². The lowest BCUT2D eigenvalue weighted by molar-refractivity contribution is -0.386. The molecule has 1 saturated carbocycles. The van der Waals surface area contributed by atoms with Crippen LogP contribution in [-0.2, 0) is 11.3 Å². The second-order valence-corrected chi connectivity index (χ2v) is 4.84. The smallest absolute Gasteiger partial charge is 0.100 e. The average Bonchev–Trinajstić information content (AvgIpc) is 2.36. The van der Waals surface area contributed by atoms with Crippen LogP contribution in [0.5, 0.6) is 0 Å². The highest BCUT2D eigenvalue weighted by Crippen LogP contribution is 2.24. The van der Waals surface area contributed by atoms with Crippen molar-refractivity contribution in [3.63, 3.8) is 0 Å². The maximum Gasteiger partial charge on any atom is 0.100 e. The molecule has 3 heteroatoms. The Labute approximate surface area is 113 Å². The number of hydrogen-bond acceptors (Lipinski definition) is 2. The number of quaternary nitrogens is 1. The quantitative estimate of drug-likeness (QED) is 0.876. The monoisotopic (exact) mass is 257 g/mol. The Balaban J connectivity index is 0.000000163. The second-order valence-electron chi connectivity index (χ2n) is 4.84. The normalized spacial score (nSPS) is 14.4. The number of benzene rings is 2. The van der Waals surface area contributed by atoms with E-state index in [4.69, 9.17) is 0 Å². The third-order valence-electron chi connectivity index (χ3n) is 3.59. The van der Waals surface area contributed by atoms with E-state index in [0.29, 0.717) is 0 Å². The van der Waals surface area contributed by atoms with Crippen LogP contribution in [0.3, 0.4) is 0 Å². The van der Waals surface area contributed by atoms with Gasteiger partial charge in [0.2, 0.25) is 0 Å². The van der Waals surface area contributed by atoms with Gasteiger partial charge in [-0.3, -0.25) is 0 Å². The predicted molar refractivity (Wildman–Crippen MR) is 72.9 cm³/mol. The Kier molecular flexibility index (Phi) is 4.53.